The molecule has 1 saturated heterocycles. The maximum atomic E-state index is 15.8. The lowest BCUT2D eigenvalue weighted by atomic mass is 10.1. The number of piperazine rings is 1. The molecular formula is C29H28F2N6O5S. The number of carbonyl (C=O) groups excluding carboxylic acids is 1. The molecule has 0 saturated carbocycles. The summed E-state index contributed by atoms with van der Waals surface area (Å²) >= 11 is 0. The lowest BCUT2D eigenvalue weighted by Gasteiger charge is -2.44. The van der Waals surface area contributed by atoms with Gasteiger partial charge in [-0.05, 0) is 51.1 Å². The number of benzene rings is 1. The van der Waals surface area contributed by atoms with E-state index in [1.165, 1.54) is 31.3 Å². The van der Waals surface area contributed by atoms with Crippen molar-refractivity contribution in [3.8, 4) is 22.7 Å². The summed E-state index contributed by atoms with van der Waals surface area (Å²) < 4.78 is 57.2. The maximum Gasteiger partial charge on any atom is 0.355 e. The van der Waals surface area contributed by atoms with Gasteiger partial charge in [0, 0.05) is 37.6 Å². The summed E-state index contributed by atoms with van der Waals surface area (Å²) in [6.45, 7) is 9.10. The van der Waals surface area contributed by atoms with E-state index in [4.69, 9.17) is 0 Å². The number of anilines is 1. The molecule has 0 bridgehead atoms. The fourth-order valence-corrected chi connectivity index (χ4v) is 6.30. The van der Waals surface area contributed by atoms with Gasteiger partial charge >= 0.3 is 5.69 Å². The van der Waals surface area contributed by atoms with E-state index in [9.17, 15) is 27.5 Å². The molecule has 1 aliphatic rings. The summed E-state index contributed by atoms with van der Waals surface area (Å²) in [6.07, 6.45) is 3.44. The Morgan fingerprint density at radius 2 is 1.84 bits per heavy atom. The van der Waals surface area contributed by atoms with Gasteiger partial charge in [0.25, 0.3) is 0 Å². The topological polar surface area (TPSA) is 139 Å². The van der Waals surface area contributed by atoms with Gasteiger partial charge in [-0.25, -0.2) is 31.5 Å². The Morgan fingerprint density at radius 1 is 1.12 bits per heavy atom. The summed E-state index contributed by atoms with van der Waals surface area (Å²) in [5.74, 6) is -2.80. The number of halogens is 2. The molecule has 4 heterocycles. The number of sulfone groups is 1. The highest BCUT2D eigenvalue weighted by Crippen LogP contribution is 2.37. The molecule has 3 aromatic heterocycles. The van der Waals surface area contributed by atoms with E-state index < -0.39 is 50.2 Å². The molecule has 1 amide bonds. The van der Waals surface area contributed by atoms with Gasteiger partial charge in [0.2, 0.25) is 5.91 Å². The van der Waals surface area contributed by atoms with Crippen LogP contribution in [0.15, 0.2) is 58.9 Å². The predicted octanol–water partition coefficient (Wildman–Crippen LogP) is 3.15. The number of amides is 1. The zero-order valence-corrected chi connectivity index (χ0v) is 24.6. The van der Waals surface area contributed by atoms with Crippen LogP contribution in [0.1, 0.15) is 19.5 Å². The number of phenolic OH excluding ortho intramolecular Hbond substituents is 1. The molecule has 5 rings (SSSR count). The van der Waals surface area contributed by atoms with Gasteiger partial charge in [-0.15, -0.1) is 0 Å². The van der Waals surface area contributed by atoms with Crippen molar-refractivity contribution in [1.82, 2.24) is 24.4 Å². The summed E-state index contributed by atoms with van der Waals surface area (Å²) in [6, 6.07) is 4.92. The number of carbonyl (C=O) groups is 1. The third-order valence-electron chi connectivity index (χ3n) is 7.44. The molecule has 1 N–H and O–H groups in total. The number of rotatable bonds is 5. The Morgan fingerprint density at radius 3 is 2.49 bits per heavy atom. The van der Waals surface area contributed by atoms with E-state index in [1.54, 1.807) is 23.6 Å². The van der Waals surface area contributed by atoms with Crippen LogP contribution in [0.2, 0.25) is 0 Å². The molecule has 14 heteroatoms. The number of hydrogen-bond acceptors (Lipinski definition) is 9. The SMILES string of the molecule is C=CC(=O)N1C[C@H](C)N(c2nc(=O)n(-c3c(S(C)(=O)=O)ccnc3C)c3nc(-c4c(O)cccc4F)c(F)cc23)C[C@@H]1C. The van der Waals surface area contributed by atoms with Crippen molar-refractivity contribution in [2.45, 2.75) is 37.8 Å². The van der Waals surface area contributed by atoms with Crippen molar-refractivity contribution in [3.05, 3.63) is 77.0 Å². The van der Waals surface area contributed by atoms with Gasteiger partial charge in [0.15, 0.2) is 21.3 Å². The van der Waals surface area contributed by atoms with Crippen LogP contribution in [0, 0.1) is 18.6 Å². The van der Waals surface area contributed by atoms with Gasteiger partial charge in [-0.3, -0.25) is 9.78 Å². The van der Waals surface area contributed by atoms with Crippen LogP contribution in [0.4, 0.5) is 14.6 Å². The van der Waals surface area contributed by atoms with Crippen molar-refractivity contribution < 1.29 is 27.1 Å². The number of aromatic nitrogens is 4. The van der Waals surface area contributed by atoms with Gasteiger partial charge in [0.05, 0.1) is 27.2 Å². The third-order valence-corrected chi connectivity index (χ3v) is 8.57. The first-order valence-electron chi connectivity index (χ1n) is 13.2. The second kappa shape index (κ2) is 10.8. The monoisotopic (exact) mass is 610 g/mol. The summed E-state index contributed by atoms with van der Waals surface area (Å²) in [7, 11) is -3.92. The van der Waals surface area contributed by atoms with Crippen LogP contribution >= 0.6 is 0 Å². The molecule has 0 radical (unpaired) electrons. The van der Waals surface area contributed by atoms with E-state index in [0.717, 1.165) is 29.0 Å². The predicted molar refractivity (Wildman–Crippen MR) is 156 cm³/mol. The zero-order chi connectivity index (χ0) is 31.4. The normalized spacial score (nSPS) is 17.3. The van der Waals surface area contributed by atoms with E-state index in [0.29, 0.717) is 0 Å². The molecule has 0 spiro atoms. The van der Waals surface area contributed by atoms with Crippen molar-refractivity contribution in [2.24, 2.45) is 0 Å². The molecule has 4 aromatic rings. The van der Waals surface area contributed by atoms with Crippen LogP contribution < -0.4 is 10.6 Å². The Kier molecular flexibility index (Phi) is 7.50. The quantitative estimate of drug-likeness (QED) is 0.338. The Labute approximate surface area is 245 Å². The minimum atomic E-state index is -3.92. The number of nitrogens with zero attached hydrogens (tertiary/aromatic N) is 6. The zero-order valence-electron chi connectivity index (χ0n) is 23.7. The average molecular weight is 611 g/mol. The van der Waals surface area contributed by atoms with Gasteiger partial charge in [-0.2, -0.15) is 4.98 Å². The third kappa shape index (κ3) is 5.11. The van der Waals surface area contributed by atoms with Gasteiger partial charge in [-0.1, -0.05) is 12.6 Å². The number of hydrogen-bond donors (Lipinski definition) is 1. The minimum absolute atomic E-state index is 0.0157. The molecule has 224 valence electrons. The number of phenols is 1. The first-order valence-corrected chi connectivity index (χ1v) is 15.1. The van der Waals surface area contributed by atoms with E-state index in [1.807, 2.05) is 0 Å². The van der Waals surface area contributed by atoms with Crippen LogP contribution in [0.3, 0.4) is 0 Å². The van der Waals surface area contributed by atoms with Crippen molar-refractivity contribution >= 4 is 32.6 Å². The highest BCUT2D eigenvalue weighted by molar-refractivity contribution is 7.90. The van der Waals surface area contributed by atoms with E-state index in [-0.39, 0.29) is 58.2 Å². The molecule has 43 heavy (non-hydrogen) atoms. The highest BCUT2D eigenvalue weighted by Gasteiger charge is 2.34. The fraction of sp³-hybridized carbons (Fsp3) is 0.276. The van der Waals surface area contributed by atoms with Gasteiger partial charge in [0.1, 0.15) is 23.1 Å². The fourth-order valence-electron chi connectivity index (χ4n) is 5.40. The van der Waals surface area contributed by atoms with Crippen molar-refractivity contribution in [2.75, 3.05) is 24.2 Å². The summed E-state index contributed by atoms with van der Waals surface area (Å²) in [4.78, 5) is 42.2. The van der Waals surface area contributed by atoms with Crippen molar-refractivity contribution in [3.63, 3.8) is 0 Å². The lowest BCUT2D eigenvalue weighted by Crippen LogP contribution is -2.58. The van der Waals surface area contributed by atoms with E-state index in [2.05, 4.69) is 21.5 Å². The Hall–Kier alpha value is -4.72. The molecule has 11 nitrogen and oxygen atoms in total. The number of fused-ring (bicyclic) bond motifs is 1. The van der Waals surface area contributed by atoms with Crippen LogP contribution in [-0.4, -0.2) is 75.3 Å². The van der Waals surface area contributed by atoms with Crippen molar-refractivity contribution in [1.29, 1.82) is 0 Å². The Balaban J connectivity index is 1.87. The molecule has 1 aliphatic heterocycles. The first-order chi connectivity index (χ1) is 20.2. The average Bonchev–Trinajstić information content (AvgIpc) is 2.93. The second-order valence-corrected chi connectivity index (χ2v) is 12.4. The smallest absolute Gasteiger partial charge is 0.355 e. The molecular weight excluding hydrogens is 582 g/mol. The standard InChI is InChI=1S/C29H28F2N6O5S/c1-6-23(39)35-13-16(3)36(14-15(35)2)27-18-12-20(31)25(24-19(30)8-7-9-21(24)38)33-28(18)37(29(40)34-27)26-17(4)32-11-10-22(26)43(5,41)42/h6-12,15-16,38H,1,13-14H2,2-5H3/t15-,16-/m0/s1. The molecule has 2 atom stereocenters. The molecule has 0 aliphatic carbocycles. The van der Waals surface area contributed by atoms with E-state index >= 15 is 4.39 Å². The maximum absolute atomic E-state index is 15.8. The summed E-state index contributed by atoms with van der Waals surface area (Å²) in [5, 5.41) is 10.4. The number of aromatic hydroxyl groups is 1. The highest BCUT2D eigenvalue weighted by atomic mass is 32.2. The molecule has 1 aromatic carbocycles. The Bertz CT molecular complexity index is 1960. The van der Waals surface area contributed by atoms with Crippen LogP contribution in [0.5, 0.6) is 5.75 Å². The number of aryl methyl sites for hydroxylation is 1. The largest absolute Gasteiger partial charge is 0.507 e. The number of pyridine rings is 2. The minimum Gasteiger partial charge on any atom is -0.507 e. The second-order valence-electron chi connectivity index (χ2n) is 10.4. The first kappa shape index (κ1) is 29.8. The van der Waals surface area contributed by atoms with Crippen LogP contribution in [-0.2, 0) is 14.6 Å². The molecule has 1 fully saturated rings. The molecule has 0 unspecified atom stereocenters. The van der Waals surface area contributed by atoms with Gasteiger partial charge < -0.3 is 14.9 Å². The summed E-state index contributed by atoms with van der Waals surface area (Å²) in [5.41, 5.74) is -2.33. The van der Waals surface area contributed by atoms with Crippen LogP contribution in [0.25, 0.3) is 28.0 Å². The lowest BCUT2D eigenvalue weighted by molar-refractivity contribution is -0.128.